The van der Waals surface area contributed by atoms with Crippen LogP contribution in [0.25, 0.3) is 0 Å². The van der Waals surface area contributed by atoms with Gasteiger partial charge in [0.15, 0.2) is 17.3 Å². The van der Waals surface area contributed by atoms with Crippen molar-refractivity contribution in [2.75, 3.05) is 7.11 Å². The molecule has 0 amide bonds. The van der Waals surface area contributed by atoms with Crippen LogP contribution in [0.2, 0.25) is 0 Å². The number of benzene rings is 1. The second-order valence-corrected chi connectivity index (χ2v) is 3.51. The largest absolute Gasteiger partial charge is 0.502 e. The van der Waals surface area contributed by atoms with Gasteiger partial charge in [0.1, 0.15) is 0 Å². The Hall–Kier alpha value is -1.29. The fraction of sp³-hybridized carbons (Fsp3) is 0.400. The number of phenolic OH excluding ortho intramolecular Hbond substituents is 1. The summed E-state index contributed by atoms with van der Waals surface area (Å²) in [4.78, 5) is 0. The van der Waals surface area contributed by atoms with Crippen molar-refractivity contribution in [3.05, 3.63) is 23.5 Å². The first kappa shape index (κ1) is 9.27. The summed E-state index contributed by atoms with van der Waals surface area (Å²) < 4.78 is 17.8. The maximum absolute atomic E-state index is 12.9. The fourth-order valence-corrected chi connectivity index (χ4v) is 1.51. The Morgan fingerprint density at radius 2 is 2.07 bits per heavy atom. The standard InChI is InChI=1S/C10H11FO3/c1-14-9-6(10(13)4-5-10)2-3-7(11)8(9)12/h2-3,12-13H,4-5H2,1H3. The maximum atomic E-state index is 12.9. The zero-order valence-electron chi connectivity index (χ0n) is 7.75. The molecule has 1 saturated carbocycles. The van der Waals surface area contributed by atoms with Gasteiger partial charge in [0.25, 0.3) is 0 Å². The fourth-order valence-electron chi connectivity index (χ4n) is 1.51. The van der Waals surface area contributed by atoms with Crippen LogP contribution < -0.4 is 4.74 Å². The van der Waals surface area contributed by atoms with E-state index in [-0.39, 0.29) is 5.75 Å². The SMILES string of the molecule is COc1c(C2(O)CC2)ccc(F)c1O. The minimum Gasteiger partial charge on any atom is -0.502 e. The van der Waals surface area contributed by atoms with Gasteiger partial charge in [-0.2, -0.15) is 0 Å². The van der Waals surface area contributed by atoms with E-state index in [9.17, 15) is 14.6 Å². The molecule has 4 heteroatoms. The van der Waals surface area contributed by atoms with Gasteiger partial charge < -0.3 is 14.9 Å². The summed E-state index contributed by atoms with van der Waals surface area (Å²) in [6, 6.07) is 2.57. The molecule has 1 aromatic carbocycles. The van der Waals surface area contributed by atoms with Gasteiger partial charge in [-0.1, -0.05) is 0 Å². The van der Waals surface area contributed by atoms with Crippen molar-refractivity contribution in [3.63, 3.8) is 0 Å². The molecule has 0 saturated heterocycles. The zero-order valence-corrected chi connectivity index (χ0v) is 7.75. The minimum absolute atomic E-state index is 0.0324. The van der Waals surface area contributed by atoms with Gasteiger partial charge in [-0.3, -0.25) is 0 Å². The smallest absolute Gasteiger partial charge is 0.194 e. The van der Waals surface area contributed by atoms with Gasteiger partial charge in [-0.05, 0) is 25.0 Å². The molecule has 0 unspecified atom stereocenters. The van der Waals surface area contributed by atoms with Crippen molar-refractivity contribution in [1.29, 1.82) is 0 Å². The van der Waals surface area contributed by atoms with Gasteiger partial charge >= 0.3 is 0 Å². The minimum atomic E-state index is -0.934. The van der Waals surface area contributed by atoms with Crippen LogP contribution in [0.5, 0.6) is 11.5 Å². The summed E-state index contributed by atoms with van der Waals surface area (Å²) in [7, 11) is 1.34. The number of hydrogen-bond donors (Lipinski definition) is 2. The van der Waals surface area contributed by atoms with Crippen LogP contribution in [-0.2, 0) is 5.60 Å². The second-order valence-electron chi connectivity index (χ2n) is 3.51. The van der Waals surface area contributed by atoms with Crippen molar-refractivity contribution in [3.8, 4) is 11.5 Å². The lowest BCUT2D eigenvalue weighted by Gasteiger charge is -2.14. The Balaban J connectivity index is 2.55. The van der Waals surface area contributed by atoms with E-state index in [0.29, 0.717) is 18.4 Å². The first-order chi connectivity index (χ1) is 6.58. The number of rotatable bonds is 2. The average Bonchev–Trinajstić information content (AvgIpc) is 2.89. The molecule has 1 fully saturated rings. The molecule has 3 nitrogen and oxygen atoms in total. The van der Waals surface area contributed by atoms with Crippen LogP contribution in [0.15, 0.2) is 12.1 Å². The maximum Gasteiger partial charge on any atom is 0.194 e. The summed E-state index contributed by atoms with van der Waals surface area (Å²) in [5.74, 6) is -1.25. The molecule has 1 aliphatic carbocycles. The number of methoxy groups -OCH3 is 1. The number of hydrogen-bond acceptors (Lipinski definition) is 3. The Labute approximate surface area is 80.8 Å². The Morgan fingerprint density at radius 1 is 1.43 bits per heavy atom. The lowest BCUT2D eigenvalue weighted by molar-refractivity contribution is 0.146. The van der Waals surface area contributed by atoms with Crippen molar-refractivity contribution in [2.24, 2.45) is 0 Å². The van der Waals surface area contributed by atoms with Gasteiger partial charge in [-0.25, -0.2) is 4.39 Å². The van der Waals surface area contributed by atoms with E-state index >= 15 is 0 Å². The summed E-state index contributed by atoms with van der Waals surface area (Å²) in [6.45, 7) is 0. The summed E-state index contributed by atoms with van der Waals surface area (Å²) in [5, 5.41) is 19.2. The van der Waals surface area contributed by atoms with Crippen molar-refractivity contribution >= 4 is 0 Å². The number of phenols is 1. The Bertz CT molecular complexity index is 372. The molecule has 0 spiro atoms. The molecule has 0 bridgehead atoms. The van der Waals surface area contributed by atoms with E-state index < -0.39 is 17.2 Å². The first-order valence-electron chi connectivity index (χ1n) is 4.37. The highest BCUT2D eigenvalue weighted by Crippen LogP contribution is 2.51. The third kappa shape index (κ3) is 1.23. The van der Waals surface area contributed by atoms with Crippen molar-refractivity contribution in [1.82, 2.24) is 0 Å². The van der Waals surface area contributed by atoms with Crippen LogP contribution in [-0.4, -0.2) is 17.3 Å². The molecular weight excluding hydrogens is 187 g/mol. The molecule has 0 aromatic heterocycles. The lowest BCUT2D eigenvalue weighted by atomic mass is 10.1. The average molecular weight is 198 g/mol. The van der Waals surface area contributed by atoms with Gasteiger partial charge in [0, 0.05) is 5.56 Å². The molecule has 0 atom stereocenters. The topological polar surface area (TPSA) is 49.7 Å². The Kier molecular flexibility index (Phi) is 1.89. The highest BCUT2D eigenvalue weighted by Gasteiger charge is 2.45. The monoisotopic (exact) mass is 198 g/mol. The molecule has 1 aromatic rings. The molecule has 14 heavy (non-hydrogen) atoms. The summed E-state index contributed by atoms with van der Waals surface area (Å²) >= 11 is 0. The Morgan fingerprint density at radius 3 is 2.57 bits per heavy atom. The van der Waals surface area contributed by atoms with Crippen LogP contribution in [0.3, 0.4) is 0 Å². The highest BCUT2D eigenvalue weighted by molar-refractivity contribution is 5.50. The molecule has 76 valence electrons. The van der Waals surface area contributed by atoms with Gasteiger partial charge in [0.2, 0.25) is 0 Å². The van der Waals surface area contributed by atoms with E-state index in [4.69, 9.17) is 4.74 Å². The molecule has 0 aliphatic heterocycles. The van der Waals surface area contributed by atoms with E-state index in [1.165, 1.54) is 13.2 Å². The normalized spacial score (nSPS) is 17.9. The van der Waals surface area contributed by atoms with E-state index in [1.54, 1.807) is 0 Å². The third-order valence-electron chi connectivity index (χ3n) is 2.51. The number of halogens is 1. The van der Waals surface area contributed by atoms with E-state index in [1.807, 2.05) is 0 Å². The van der Waals surface area contributed by atoms with Crippen LogP contribution in [0, 0.1) is 5.82 Å². The summed E-state index contributed by atoms with van der Waals surface area (Å²) in [6.07, 6.45) is 1.24. The van der Waals surface area contributed by atoms with Gasteiger partial charge in [0.05, 0.1) is 12.7 Å². The lowest BCUT2D eigenvalue weighted by Crippen LogP contribution is -2.07. The third-order valence-corrected chi connectivity index (χ3v) is 2.51. The highest BCUT2D eigenvalue weighted by atomic mass is 19.1. The summed E-state index contributed by atoms with van der Waals surface area (Å²) in [5.41, 5.74) is -0.477. The number of aliphatic hydroxyl groups is 1. The molecule has 1 aliphatic rings. The quantitative estimate of drug-likeness (QED) is 0.757. The number of aromatic hydroxyl groups is 1. The van der Waals surface area contributed by atoms with E-state index in [2.05, 4.69) is 0 Å². The molecule has 0 radical (unpaired) electrons. The predicted octanol–water partition coefficient (Wildman–Crippen LogP) is 1.52. The first-order valence-corrected chi connectivity index (χ1v) is 4.37. The van der Waals surface area contributed by atoms with Crippen LogP contribution in [0.4, 0.5) is 4.39 Å². The predicted molar refractivity (Wildman–Crippen MR) is 47.7 cm³/mol. The van der Waals surface area contributed by atoms with Crippen LogP contribution in [0.1, 0.15) is 18.4 Å². The molecular formula is C10H11FO3. The molecule has 0 heterocycles. The van der Waals surface area contributed by atoms with Crippen LogP contribution >= 0.6 is 0 Å². The zero-order chi connectivity index (χ0) is 10.3. The number of ether oxygens (including phenoxy) is 1. The van der Waals surface area contributed by atoms with E-state index in [0.717, 1.165) is 6.07 Å². The van der Waals surface area contributed by atoms with Crippen molar-refractivity contribution in [2.45, 2.75) is 18.4 Å². The molecule has 2 N–H and O–H groups in total. The van der Waals surface area contributed by atoms with Crippen molar-refractivity contribution < 1.29 is 19.3 Å². The van der Waals surface area contributed by atoms with Gasteiger partial charge in [-0.15, -0.1) is 0 Å². The second kappa shape index (κ2) is 2.85. The molecule has 2 rings (SSSR count).